The van der Waals surface area contributed by atoms with Gasteiger partial charge in [0.05, 0.1) is 5.41 Å². The van der Waals surface area contributed by atoms with Crippen molar-refractivity contribution in [2.45, 2.75) is 60.3 Å². The number of carboxylic acids is 1. The molecule has 0 aliphatic heterocycles. The molecule has 0 rings (SSSR count). The molecule has 1 atom stereocenters. The van der Waals surface area contributed by atoms with Crippen molar-refractivity contribution in [2.75, 3.05) is 5.33 Å². The summed E-state index contributed by atoms with van der Waals surface area (Å²) in [5, 5.41) is 10.4. The molecule has 0 saturated carbocycles. The highest BCUT2D eigenvalue weighted by Crippen LogP contribution is 2.43. The number of hydrogen-bond acceptors (Lipinski definition) is 1. The molecule has 0 aliphatic carbocycles. The summed E-state index contributed by atoms with van der Waals surface area (Å²) in [4.78, 5) is 11.4. The predicted molar refractivity (Wildman–Crippen MR) is 76.6 cm³/mol. The molecule has 17 heavy (non-hydrogen) atoms. The molecule has 0 aliphatic rings. The second-order valence-electron chi connectivity index (χ2n) is 6.48. The summed E-state index contributed by atoms with van der Waals surface area (Å²) in [5.41, 5.74) is -0.608. The second kappa shape index (κ2) is 6.77. The minimum Gasteiger partial charge on any atom is -0.481 e. The molecule has 0 fully saturated rings. The van der Waals surface area contributed by atoms with E-state index in [9.17, 15) is 9.90 Å². The molecule has 0 bridgehead atoms. The van der Waals surface area contributed by atoms with Crippen molar-refractivity contribution in [3.63, 3.8) is 0 Å². The van der Waals surface area contributed by atoms with E-state index >= 15 is 0 Å². The van der Waals surface area contributed by atoms with Gasteiger partial charge in [0.15, 0.2) is 0 Å². The highest BCUT2D eigenvalue weighted by Gasteiger charge is 2.42. The first-order valence-corrected chi connectivity index (χ1v) is 7.55. The summed E-state index contributed by atoms with van der Waals surface area (Å²) in [6, 6.07) is 0. The van der Waals surface area contributed by atoms with Crippen molar-refractivity contribution in [3.8, 4) is 0 Å². The molecule has 0 heterocycles. The first-order valence-electron chi connectivity index (χ1n) is 6.43. The van der Waals surface area contributed by atoms with Gasteiger partial charge in [0.25, 0.3) is 0 Å². The van der Waals surface area contributed by atoms with Crippen LogP contribution in [0.4, 0.5) is 0 Å². The standard InChI is InChI=1S/C14H27BrO2/c1-13(2,3)11(9-7-6-8-10-15)14(4,5)12(16)17/h11H,6-10H2,1-5H3,(H,16,17). The van der Waals surface area contributed by atoms with Crippen LogP contribution in [0, 0.1) is 16.7 Å². The van der Waals surface area contributed by atoms with E-state index in [0.717, 1.165) is 18.2 Å². The van der Waals surface area contributed by atoms with Crippen molar-refractivity contribution in [1.82, 2.24) is 0 Å². The van der Waals surface area contributed by atoms with E-state index in [4.69, 9.17) is 0 Å². The Hall–Kier alpha value is -0.0500. The van der Waals surface area contributed by atoms with E-state index < -0.39 is 11.4 Å². The number of carbonyl (C=O) groups is 1. The largest absolute Gasteiger partial charge is 0.481 e. The predicted octanol–water partition coefficient (Wildman–Crippen LogP) is 4.71. The average molecular weight is 307 g/mol. The van der Waals surface area contributed by atoms with Crippen LogP contribution >= 0.6 is 15.9 Å². The summed E-state index contributed by atoms with van der Waals surface area (Å²) in [6.07, 6.45) is 4.46. The van der Waals surface area contributed by atoms with Crippen LogP contribution in [0.5, 0.6) is 0 Å². The van der Waals surface area contributed by atoms with Gasteiger partial charge in [0.2, 0.25) is 0 Å². The van der Waals surface area contributed by atoms with Gasteiger partial charge in [-0.2, -0.15) is 0 Å². The zero-order valence-corrected chi connectivity index (χ0v) is 13.4. The highest BCUT2D eigenvalue weighted by molar-refractivity contribution is 9.09. The van der Waals surface area contributed by atoms with Gasteiger partial charge < -0.3 is 5.11 Å². The quantitative estimate of drug-likeness (QED) is 0.546. The lowest BCUT2D eigenvalue weighted by molar-refractivity contribution is -0.153. The number of unbranched alkanes of at least 4 members (excludes halogenated alkanes) is 2. The van der Waals surface area contributed by atoms with Crippen molar-refractivity contribution in [2.24, 2.45) is 16.7 Å². The molecule has 2 nitrogen and oxygen atoms in total. The van der Waals surface area contributed by atoms with Crippen molar-refractivity contribution < 1.29 is 9.90 Å². The van der Waals surface area contributed by atoms with Crippen LogP contribution in [-0.2, 0) is 4.79 Å². The molecule has 0 amide bonds. The van der Waals surface area contributed by atoms with Crippen LogP contribution in [0.2, 0.25) is 0 Å². The zero-order chi connectivity index (χ0) is 13.7. The van der Waals surface area contributed by atoms with Crippen LogP contribution in [0.15, 0.2) is 0 Å². The van der Waals surface area contributed by atoms with E-state index in [1.165, 1.54) is 12.8 Å². The summed E-state index contributed by atoms with van der Waals surface area (Å²) in [6.45, 7) is 10.2. The lowest BCUT2D eigenvalue weighted by Gasteiger charge is -2.40. The molecule has 0 radical (unpaired) electrons. The van der Waals surface area contributed by atoms with Gasteiger partial charge in [0, 0.05) is 5.33 Å². The number of aliphatic carboxylic acids is 1. The van der Waals surface area contributed by atoms with Gasteiger partial charge in [0.1, 0.15) is 0 Å². The fraction of sp³-hybridized carbons (Fsp3) is 0.929. The molecule has 0 aromatic heterocycles. The van der Waals surface area contributed by atoms with E-state index in [1.807, 2.05) is 13.8 Å². The van der Waals surface area contributed by atoms with Gasteiger partial charge >= 0.3 is 5.97 Å². The second-order valence-corrected chi connectivity index (χ2v) is 7.28. The van der Waals surface area contributed by atoms with Gasteiger partial charge in [-0.15, -0.1) is 0 Å². The molecule has 3 heteroatoms. The molecule has 0 aromatic carbocycles. The van der Waals surface area contributed by atoms with Gasteiger partial charge in [-0.3, -0.25) is 4.79 Å². The first kappa shape index (κ1) is 16.9. The smallest absolute Gasteiger partial charge is 0.309 e. The number of hydrogen-bond donors (Lipinski definition) is 1. The molecular weight excluding hydrogens is 280 g/mol. The van der Waals surface area contributed by atoms with Gasteiger partial charge in [-0.25, -0.2) is 0 Å². The Balaban J connectivity index is 4.62. The number of alkyl halides is 1. The van der Waals surface area contributed by atoms with E-state index in [0.29, 0.717) is 0 Å². The first-order chi connectivity index (χ1) is 7.64. The molecule has 0 spiro atoms. The molecule has 102 valence electrons. The Morgan fingerprint density at radius 1 is 1.12 bits per heavy atom. The fourth-order valence-electron chi connectivity index (χ4n) is 2.65. The van der Waals surface area contributed by atoms with E-state index in [-0.39, 0.29) is 11.3 Å². The monoisotopic (exact) mass is 306 g/mol. The Kier molecular flexibility index (Phi) is 6.75. The summed E-state index contributed by atoms with van der Waals surface area (Å²) < 4.78 is 0. The maximum Gasteiger partial charge on any atom is 0.309 e. The van der Waals surface area contributed by atoms with E-state index in [1.54, 1.807) is 0 Å². The average Bonchev–Trinajstić information content (AvgIpc) is 2.14. The summed E-state index contributed by atoms with van der Waals surface area (Å²) in [5.74, 6) is -0.472. The summed E-state index contributed by atoms with van der Waals surface area (Å²) >= 11 is 3.42. The summed E-state index contributed by atoms with van der Waals surface area (Å²) in [7, 11) is 0. The third-order valence-electron chi connectivity index (χ3n) is 3.59. The third-order valence-corrected chi connectivity index (χ3v) is 4.15. The SMILES string of the molecule is CC(C)(C)C(CCCCCBr)C(C)(C)C(=O)O. The minimum absolute atomic E-state index is 0.0380. The van der Waals surface area contributed by atoms with Crippen LogP contribution in [0.3, 0.4) is 0 Å². The Bertz CT molecular complexity index is 241. The number of halogens is 1. The van der Waals surface area contributed by atoms with Crippen LogP contribution < -0.4 is 0 Å². The lowest BCUT2D eigenvalue weighted by Crippen LogP contribution is -2.40. The molecular formula is C14H27BrO2. The number of carboxylic acid groups (broad SMARTS) is 1. The molecule has 0 saturated heterocycles. The van der Waals surface area contributed by atoms with Crippen LogP contribution in [-0.4, -0.2) is 16.4 Å². The third kappa shape index (κ3) is 5.41. The Morgan fingerprint density at radius 2 is 1.65 bits per heavy atom. The van der Waals surface area contributed by atoms with Gasteiger partial charge in [-0.05, 0) is 38.0 Å². The minimum atomic E-state index is -0.682. The Morgan fingerprint density at radius 3 is 2.00 bits per heavy atom. The fourth-order valence-corrected chi connectivity index (χ4v) is 3.04. The Labute approximate surface area is 114 Å². The maximum absolute atomic E-state index is 11.4. The highest BCUT2D eigenvalue weighted by atomic mass is 79.9. The lowest BCUT2D eigenvalue weighted by atomic mass is 9.64. The molecule has 1 unspecified atom stereocenters. The maximum atomic E-state index is 11.4. The van der Waals surface area contributed by atoms with Crippen molar-refractivity contribution in [3.05, 3.63) is 0 Å². The topological polar surface area (TPSA) is 37.3 Å². The van der Waals surface area contributed by atoms with Crippen LogP contribution in [0.25, 0.3) is 0 Å². The van der Waals surface area contributed by atoms with Crippen LogP contribution in [0.1, 0.15) is 60.3 Å². The van der Waals surface area contributed by atoms with Crippen molar-refractivity contribution in [1.29, 1.82) is 0 Å². The van der Waals surface area contributed by atoms with Gasteiger partial charge in [-0.1, -0.05) is 49.5 Å². The number of rotatable bonds is 7. The normalized spacial score (nSPS) is 14.7. The van der Waals surface area contributed by atoms with E-state index in [2.05, 4.69) is 36.7 Å². The van der Waals surface area contributed by atoms with Crippen molar-refractivity contribution >= 4 is 21.9 Å². The molecule has 0 aromatic rings. The zero-order valence-electron chi connectivity index (χ0n) is 11.8. The molecule has 1 N–H and O–H groups in total.